The fraction of sp³-hybridized carbons (Fsp3) is 0.462. The van der Waals surface area contributed by atoms with E-state index in [0.717, 1.165) is 35.2 Å². The Bertz CT molecular complexity index is 450. The first-order chi connectivity index (χ1) is 8.13. The molecule has 0 spiro atoms. The molecule has 4 heteroatoms. The van der Waals surface area contributed by atoms with Crippen molar-refractivity contribution in [2.45, 2.75) is 19.4 Å². The van der Waals surface area contributed by atoms with Crippen molar-refractivity contribution in [2.75, 3.05) is 18.0 Å². The van der Waals surface area contributed by atoms with Crippen molar-refractivity contribution in [1.82, 2.24) is 0 Å². The van der Waals surface area contributed by atoms with Gasteiger partial charge in [0.15, 0.2) is 0 Å². The summed E-state index contributed by atoms with van der Waals surface area (Å²) in [5, 5.41) is 9.20. The van der Waals surface area contributed by atoms with Crippen molar-refractivity contribution in [1.29, 1.82) is 5.26 Å². The summed E-state index contributed by atoms with van der Waals surface area (Å²) < 4.78 is 0.863. The van der Waals surface area contributed by atoms with E-state index >= 15 is 0 Å². The average Bonchev–Trinajstić information content (AvgIpc) is 2.77. The lowest BCUT2D eigenvalue weighted by atomic mass is 10.0. The van der Waals surface area contributed by atoms with Gasteiger partial charge in [0.1, 0.15) is 6.07 Å². The Morgan fingerprint density at radius 2 is 2.35 bits per heavy atom. The van der Waals surface area contributed by atoms with Crippen LogP contribution in [0.2, 0.25) is 0 Å². The smallest absolute Gasteiger partial charge is 0.103 e. The molecule has 0 radical (unpaired) electrons. The second kappa shape index (κ2) is 5.07. The zero-order valence-electron chi connectivity index (χ0n) is 9.86. The summed E-state index contributed by atoms with van der Waals surface area (Å²) in [5.74, 6) is 0.528. The van der Waals surface area contributed by atoms with Crippen molar-refractivity contribution >= 4 is 21.6 Å². The highest BCUT2D eigenvalue weighted by Crippen LogP contribution is 2.31. The van der Waals surface area contributed by atoms with Gasteiger partial charge < -0.3 is 10.6 Å². The highest BCUT2D eigenvalue weighted by molar-refractivity contribution is 9.10. The molecule has 1 aliphatic heterocycles. The molecule has 1 aromatic carbocycles. The van der Waals surface area contributed by atoms with E-state index in [1.165, 1.54) is 0 Å². The Labute approximate surface area is 110 Å². The minimum Gasteiger partial charge on any atom is -0.370 e. The van der Waals surface area contributed by atoms with Gasteiger partial charge in [-0.2, -0.15) is 5.26 Å². The Morgan fingerprint density at radius 3 is 2.94 bits per heavy atom. The zero-order valence-corrected chi connectivity index (χ0v) is 11.4. The maximum Gasteiger partial charge on any atom is 0.103 e. The number of nitriles is 1. The molecule has 0 amide bonds. The van der Waals surface area contributed by atoms with Crippen LogP contribution in [0.15, 0.2) is 22.7 Å². The molecule has 2 atom stereocenters. The van der Waals surface area contributed by atoms with Gasteiger partial charge in [0.05, 0.1) is 11.3 Å². The van der Waals surface area contributed by atoms with Gasteiger partial charge in [-0.05, 0) is 47.3 Å². The number of rotatable bonds is 2. The van der Waals surface area contributed by atoms with Crippen LogP contribution in [-0.4, -0.2) is 19.1 Å². The molecular weight excluding hydrogens is 278 g/mol. The Balaban J connectivity index is 2.25. The van der Waals surface area contributed by atoms with Crippen LogP contribution in [0.1, 0.15) is 18.9 Å². The third kappa shape index (κ3) is 2.46. The van der Waals surface area contributed by atoms with Gasteiger partial charge >= 0.3 is 0 Å². The van der Waals surface area contributed by atoms with Crippen LogP contribution in [0.5, 0.6) is 0 Å². The fourth-order valence-electron chi connectivity index (χ4n) is 2.32. The Hall–Kier alpha value is -1.05. The number of halogens is 1. The summed E-state index contributed by atoms with van der Waals surface area (Å²) >= 11 is 3.42. The lowest BCUT2D eigenvalue weighted by molar-refractivity contribution is 0.488. The summed E-state index contributed by atoms with van der Waals surface area (Å²) in [7, 11) is 0. The van der Waals surface area contributed by atoms with Crippen molar-refractivity contribution in [3.05, 3.63) is 28.2 Å². The van der Waals surface area contributed by atoms with Crippen LogP contribution >= 0.6 is 15.9 Å². The van der Waals surface area contributed by atoms with Gasteiger partial charge in [-0.15, -0.1) is 0 Å². The Kier molecular flexibility index (Phi) is 3.70. The first kappa shape index (κ1) is 12.4. The second-order valence-corrected chi connectivity index (χ2v) is 5.45. The summed E-state index contributed by atoms with van der Waals surface area (Å²) in [6, 6.07) is 8.37. The number of hydrogen-bond acceptors (Lipinski definition) is 3. The fourth-order valence-corrected chi connectivity index (χ4v) is 2.77. The molecule has 0 saturated carbocycles. The minimum atomic E-state index is 0.220. The topological polar surface area (TPSA) is 53.0 Å². The average molecular weight is 294 g/mol. The van der Waals surface area contributed by atoms with Gasteiger partial charge in [-0.1, -0.05) is 6.07 Å². The van der Waals surface area contributed by atoms with Crippen molar-refractivity contribution in [2.24, 2.45) is 11.7 Å². The van der Waals surface area contributed by atoms with Crippen LogP contribution in [0, 0.1) is 17.2 Å². The van der Waals surface area contributed by atoms with Crippen molar-refractivity contribution in [3.8, 4) is 6.07 Å². The zero-order chi connectivity index (χ0) is 12.4. The third-order valence-electron chi connectivity index (χ3n) is 3.41. The highest BCUT2D eigenvalue weighted by Gasteiger charge is 2.26. The molecule has 0 bridgehead atoms. The highest BCUT2D eigenvalue weighted by atomic mass is 79.9. The second-order valence-electron chi connectivity index (χ2n) is 4.60. The molecule has 90 valence electrons. The van der Waals surface area contributed by atoms with E-state index in [-0.39, 0.29) is 6.04 Å². The molecule has 1 aliphatic rings. The van der Waals surface area contributed by atoms with Crippen LogP contribution in [0.4, 0.5) is 5.69 Å². The number of anilines is 1. The summed E-state index contributed by atoms with van der Waals surface area (Å²) in [6.45, 7) is 3.99. The first-order valence-corrected chi connectivity index (χ1v) is 6.62. The van der Waals surface area contributed by atoms with E-state index in [1.54, 1.807) is 0 Å². The van der Waals surface area contributed by atoms with Gasteiger partial charge in [-0.25, -0.2) is 0 Å². The van der Waals surface area contributed by atoms with E-state index < -0.39 is 0 Å². The maximum absolute atomic E-state index is 9.20. The van der Waals surface area contributed by atoms with E-state index in [2.05, 4.69) is 33.8 Å². The molecule has 2 rings (SSSR count). The monoisotopic (exact) mass is 293 g/mol. The van der Waals surface area contributed by atoms with Crippen molar-refractivity contribution < 1.29 is 0 Å². The quantitative estimate of drug-likeness (QED) is 0.911. The molecule has 17 heavy (non-hydrogen) atoms. The molecule has 1 aromatic rings. The summed E-state index contributed by atoms with van der Waals surface area (Å²) in [4.78, 5) is 2.26. The molecule has 1 saturated heterocycles. The van der Waals surface area contributed by atoms with Gasteiger partial charge in [0.25, 0.3) is 0 Å². The van der Waals surface area contributed by atoms with Gasteiger partial charge in [0, 0.05) is 23.6 Å². The van der Waals surface area contributed by atoms with E-state index in [0.29, 0.717) is 5.92 Å². The lowest BCUT2D eigenvalue weighted by Crippen LogP contribution is -2.29. The Morgan fingerprint density at radius 1 is 1.59 bits per heavy atom. The largest absolute Gasteiger partial charge is 0.370 e. The minimum absolute atomic E-state index is 0.220. The molecule has 2 unspecified atom stereocenters. The predicted molar refractivity (Wildman–Crippen MR) is 72.8 cm³/mol. The summed E-state index contributed by atoms with van der Waals surface area (Å²) in [6.07, 6.45) is 1.11. The molecular formula is C13H16BrN3. The number of nitrogens with two attached hydrogens (primary N) is 1. The first-order valence-electron chi connectivity index (χ1n) is 5.82. The van der Waals surface area contributed by atoms with E-state index in [4.69, 9.17) is 5.73 Å². The van der Waals surface area contributed by atoms with Crippen molar-refractivity contribution in [3.63, 3.8) is 0 Å². The normalized spacial score (nSPS) is 21.3. The number of benzene rings is 1. The molecule has 0 aromatic heterocycles. The van der Waals surface area contributed by atoms with Gasteiger partial charge in [0.2, 0.25) is 0 Å². The standard InChI is InChI=1S/C13H16BrN3/c1-9(16)10-5-6-17(8-10)13-4-2-3-12(14)11(13)7-15/h2-4,9-10H,5-6,8,16H2,1H3. The third-order valence-corrected chi connectivity index (χ3v) is 4.07. The summed E-state index contributed by atoms with van der Waals surface area (Å²) in [5.41, 5.74) is 7.68. The SMILES string of the molecule is CC(N)C1CCN(c2cccc(Br)c2C#N)C1. The van der Waals surface area contributed by atoms with Crippen LogP contribution in [-0.2, 0) is 0 Å². The predicted octanol–water partition coefficient (Wildman–Crippen LogP) is 2.49. The van der Waals surface area contributed by atoms with E-state index in [9.17, 15) is 5.26 Å². The van der Waals surface area contributed by atoms with Crippen LogP contribution in [0.25, 0.3) is 0 Å². The number of hydrogen-bond donors (Lipinski definition) is 1. The van der Waals surface area contributed by atoms with Crippen LogP contribution < -0.4 is 10.6 Å². The van der Waals surface area contributed by atoms with Crippen LogP contribution in [0.3, 0.4) is 0 Å². The van der Waals surface area contributed by atoms with E-state index in [1.807, 2.05) is 18.2 Å². The maximum atomic E-state index is 9.20. The molecule has 0 aliphatic carbocycles. The lowest BCUT2D eigenvalue weighted by Gasteiger charge is -2.21. The van der Waals surface area contributed by atoms with Gasteiger partial charge in [-0.3, -0.25) is 0 Å². The molecule has 1 heterocycles. The molecule has 2 N–H and O–H groups in total. The number of nitrogens with zero attached hydrogens (tertiary/aromatic N) is 2. The molecule has 3 nitrogen and oxygen atoms in total. The molecule has 1 fully saturated rings.